The SMILES string of the molecule is CC(=O)N1CCc2cc(S(=O)(=O)n3ccc(N)n3)ccc21. The highest BCUT2D eigenvalue weighted by Gasteiger charge is 2.25. The molecule has 0 unspecified atom stereocenters. The van der Waals surface area contributed by atoms with Crippen LogP contribution in [0, 0.1) is 0 Å². The number of nitrogens with two attached hydrogens (primary N) is 1. The van der Waals surface area contributed by atoms with Gasteiger partial charge >= 0.3 is 0 Å². The van der Waals surface area contributed by atoms with Crippen molar-refractivity contribution in [2.75, 3.05) is 17.2 Å². The van der Waals surface area contributed by atoms with Crippen LogP contribution in [0.15, 0.2) is 35.4 Å². The molecule has 1 aliphatic heterocycles. The number of rotatable bonds is 2. The number of amides is 1. The zero-order chi connectivity index (χ0) is 15.2. The van der Waals surface area contributed by atoms with Gasteiger partial charge in [0.2, 0.25) is 5.91 Å². The standard InChI is InChI=1S/C13H14N4O3S/c1-9(18)16-6-4-10-8-11(2-3-12(10)16)21(19,20)17-7-5-13(14)15-17/h2-3,5,7-8H,4,6H2,1H3,(H2,14,15). The molecular weight excluding hydrogens is 292 g/mol. The number of fused-ring (bicyclic) bond motifs is 1. The number of aromatic nitrogens is 2. The van der Waals surface area contributed by atoms with Crippen LogP contribution in [-0.4, -0.2) is 30.1 Å². The van der Waals surface area contributed by atoms with Gasteiger partial charge in [-0.25, -0.2) is 0 Å². The number of nitrogen functional groups attached to an aromatic ring is 1. The summed E-state index contributed by atoms with van der Waals surface area (Å²) in [5.41, 5.74) is 7.06. The van der Waals surface area contributed by atoms with Gasteiger partial charge in [-0.05, 0) is 30.2 Å². The number of hydrogen-bond donors (Lipinski definition) is 1. The molecule has 2 aromatic rings. The topological polar surface area (TPSA) is 98.3 Å². The third kappa shape index (κ3) is 2.17. The minimum atomic E-state index is -3.76. The van der Waals surface area contributed by atoms with E-state index in [0.717, 1.165) is 15.3 Å². The predicted molar refractivity (Wildman–Crippen MR) is 77.4 cm³/mol. The number of carbonyl (C=O) groups excluding carboxylic acids is 1. The molecule has 0 radical (unpaired) electrons. The molecule has 0 saturated heterocycles. The Morgan fingerprint density at radius 2 is 2.10 bits per heavy atom. The highest BCUT2D eigenvalue weighted by Crippen LogP contribution is 2.30. The van der Waals surface area contributed by atoms with E-state index in [9.17, 15) is 13.2 Å². The van der Waals surface area contributed by atoms with Crippen LogP contribution in [0.5, 0.6) is 0 Å². The molecule has 1 amide bonds. The molecule has 0 saturated carbocycles. The summed E-state index contributed by atoms with van der Waals surface area (Å²) in [5.74, 6) is 0.0895. The van der Waals surface area contributed by atoms with Crippen LogP contribution in [-0.2, 0) is 21.2 Å². The van der Waals surface area contributed by atoms with Crippen molar-refractivity contribution in [1.29, 1.82) is 0 Å². The van der Waals surface area contributed by atoms with Gasteiger partial charge in [0, 0.05) is 31.4 Å². The van der Waals surface area contributed by atoms with Crippen LogP contribution in [0.25, 0.3) is 0 Å². The normalized spacial score (nSPS) is 14.2. The molecule has 21 heavy (non-hydrogen) atoms. The van der Waals surface area contributed by atoms with E-state index < -0.39 is 10.0 Å². The van der Waals surface area contributed by atoms with Crippen molar-refractivity contribution < 1.29 is 13.2 Å². The van der Waals surface area contributed by atoms with Crippen LogP contribution >= 0.6 is 0 Å². The smallest absolute Gasteiger partial charge is 0.283 e. The van der Waals surface area contributed by atoms with E-state index in [1.165, 1.54) is 25.3 Å². The third-order valence-electron chi connectivity index (χ3n) is 3.46. The molecule has 0 atom stereocenters. The largest absolute Gasteiger partial charge is 0.382 e. The number of nitrogens with zero attached hydrogens (tertiary/aromatic N) is 3. The Balaban J connectivity index is 2.04. The van der Waals surface area contributed by atoms with Crippen molar-refractivity contribution in [2.24, 2.45) is 0 Å². The maximum absolute atomic E-state index is 12.4. The Labute approximate surface area is 122 Å². The van der Waals surface area contributed by atoms with Crippen LogP contribution < -0.4 is 10.6 Å². The Bertz CT molecular complexity index is 826. The van der Waals surface area contributed by atoms with Crippen molar-refractivity contribution in [3.63, 3.8) is 0 Å². The third-order valence-corrected chi connectivity index (χ3v) is 5.00. The second-order valence-corrected chi connectivity index (χ2v) is 6.63. The lowest BCUT2D eigenvalue weighted by molar-refractivity contribution is -0.116. The first-order valence-corrected chi connectivity index (χ1v) is 7.81. The number of carbonyl (C=O) groups is 1. The summed E-state index contributed by atoms with van der Waals surface area (Å²) in [6.07, 6.45) is 1.94. The number of anilines is 2. The van der Waals surface area contributed by atoms with Gasteiger partial charge in [-0.2, -0.15) is 12.5 Å². The fraction of sp³-hybridized carbons (Fsp3) is 0.231. The summed E-state index contributed by atoms with van der Waals surface area (Å²) < 4.78 is 25.7. The fourth-order valence-electron chi connectivity index (χ4n) is 2.43. The molecule has 1 aromatic carbocycles. The van der Waals surface area contributed by atoms with Gasteiger partial charge in [-0.3, -0.25) is 4.79 Å². The van der Waals surface area contributed by atoms with Gasteiger partial charge in [0.15, 0.2) is 0 Å². The second-order valence-electron chi connectivity index (χ2n) is 4.83. The van der Waals surface area contributed by atoms with Gasteiger partial charge in [-0.1, -0.05) is 0 Å². The highest BCUT2D eigenvalue weighted by atomic mass is 32.2. The summed E-state index contributed by atoms with van der Waals surface area (Å²) in [7, 11) is -3.76. The zero-order valence-electron chi connectivity index (χ0n) is 11.4. The molecule has 110 valence electrons. The quantitative estimate of drug-likeness (QED) is 0.876. The zero-order valence-corrected chi connectivity index (χ0v) is 12.2. The Hall–Kier alpha value is -2.35. The van der Waals surface area contributed by atoms with Crippen LogP contribution in [0.4, 0.5) is 11.5 Å². The summed E-state index contributed by atoms with van der Waals surface area (Å²) in [5, 5.41) is 3.74. The predicted octanol–water partition coefficient (Wildman–Crippen LogP) is 0.611. The van der Waals surface area contributed by atoms with Crippen LogP contribution in [0.1, 0.15) is 12.5 Å². The molecule has 1 aromatic heterocycles. The van der Waals surface area contributed by atoms with Gasteiger partial charge in [0.25, 0.3) is 10.0 Å². The van der Waals surface area contributed by atoms with Crippen LogP contribution in [0.2, 0.25) is 0 Å². The number of hydrogen-bond acceptors (Lipinski definition) is 5. The molecule has 0 spiro atoms. The first-order chi connectivity index (χ1) is 9.89. The van der Waals surface area contributed by atoms with Crippen molar-refractivity contribution in [3.8, 4) is 0 Å². The van der Waals surface area contributed by atoms with Crippen LogP contribution in [0.3, 0.4) is 0 Å². The molecule has 0 fully saturated rings. The molecule has 7 nitrogen and oxygen atoms in total. The minimum absolute atomic E-state index is 0.0517. The molecule has 3 rings (SSSR count). The summed E-state index contributed by atoms with van der Waals surface area (Å²) in [6, 6.07) is 6.14. The first-order valence-electron chi connectivity index (χ1n) is 6.37. The Morgan fingerprint density at radius 3 is 2.71 bits per heavy atom. The number of benzene rings is 1. The first kappa shape index (κ1) is 13.6. The van der Waals surface area contributed by atoms with Crippen molar-refractivity contribution in [2.45, 2.75) is 18.2 Å². The van der Waals surface area contributed by atoms with E-state index in [-0.39, 0.29) is 16.6 Å². The molecule has 1 aliphatic rings. The Morgan fingerprint density at radius 1 is 1.33 bits per heavy atom. The molecule has 0 aliphatic carbocycles. The monoisotopic (exact) mass is 306 g/mol. The summed E-state index contributed by atoms with van der Waals surface area (Å²) >= 11 is 0. The lowest BCUT2D eigenvalue weighted by Crippen LogP contribution is -2.25. The second kappa shape index (κ2) is 4.59. The van der Waals surface area contributed by atoms with Gasteiger partial charge in [-0.15, -0.1) is 5.10 Å². The average Bonchev–Trinajstić information content (AvgIpc) is 3.03. The highest BCUT2D eigenvalue weighted by molar-refractivity contribution is 7.89. The van der Waals surface area contributed by atoms with Crippen molar-refractivity contribution in [1.82, 2.24) is 9.19 Å². The molecule has 0 bridgehead atoms. The van der Waals surface area contributed by atoms with E-state index in [2.05, 4.69) is 5.10 Å². The molecule has 2 N–H and O–H groups in total. The van der Waals surface area contributed by atoms with Gasteiger partial charge in [0.1, 0.15) is 5.82 Å². The van der Waals surface area contributed by atoms with Gasteiger partial charge in [0.05, 0.1) is 4.90 Å². The lowest BCUT2D eigenvalue weighted by atomic mass is 10.2. The molecular formula is C13H14N4O3S. The van der Waals surface area contributed by atoms with E-state index >= 15 is 0 Å². The summed E-state index contributed by atoms with van der Waals surface area (Å²) in [4.78, 5) is 13.3. The summed E-state index contributed by atoms with van der Waals surface area (Å²) in [6.45, 7) is 2.06. The fourth-order valence-corrected chi connectivity index (χ4v) is 3.60. The maximum atomic E-state index is 12.4. The average molecular weight is 306 g/mol. The Kier molecular flexibility index (Phi) is 2.98. The lowest BCUT2D eigenvalue weighted by Gasteiger charge is -2.14. The maximum Gasteiger partial charge on any atom is 0.283 e. The van der Waals surface area contributed by atoms with E-state index in [0.29, 0.717) is 13.0 Å². The van der Waals surface area contributed by atoms with E-state index in [1.807, 2.05) is 0 Å². The molecule has 2 heterocycles. The van der Waals surface area contributed by atoms with Crippen molar-refractivity contribution in [3.05, 3.63) is 36.0 Å². The molecule has 8 heteroatoms. The minimum Gasteiger partial charge on any atom is -0.382 e. The van der Waals surface area contributed by atoms with E-state index in [1.54, 1.807) is 17.0 Å². The van der Waals surface area contributed by atoms with Gasteiger partial charge < -0.3 is 10.6 Å². The van der Waals surface area contributed by atoms with Crippen molar-refractivity contribution >= 4 is 27.4 Å². The van der Waals surface area contributed by atoms with E-state index in [4.69, 9.17) is 5.73 Å².